The lowest BCUT2D eigenvalue weighted by Gasteiger charge is -2.57. The molecule has 2 amide bonds. The van der Waals surface area contributed by atoms with Gasteiger partial charge in [0.2, 0.25) is 5.91 Å². The highest BCUT2D eigenvalue weighted by molar-refractivity contribution is 5.94. The largest absolute Gasteiger partial charge is 0.355 e. The van der Waals surface area contributed by atoms with Crippen molar-refractivity contribution in [3.05, 3.63) is 47.0 Å². The van der Waals surface area contributed by atoms with Crippen LogP contribution in [0.2, 0.25) is 0 Å². The van der Waals surface area contributed by atoms with E-state index in [1.165, 1.54) is 44.1 Å². The van der Waals surface area contributed by atoms with Crippen molar-refractivity contribution in [3.8, 4) is 0 Å². The molecule has 0 aliphatic heterocycles. The summed E-state index contributed by atoms with van der Waals surface area (Å²) >= 11 is 0. The zero-order valence-electron chi connectivity index (χ0n) is 17.3. The molecule has 0 spiro atoms. The minimum absolute atomic E-state index is 0.0867. The normalized spacial score (nSPS) is 31.0. The van der Waals surface area contributed by atoms with Gasteiger partial charge >= 0.3 is 0 Å². The predicted octanol–water partition coefficient (Wildman–Crippen LogP) is 4.17. The van der Waals surface area contributed by atoms with Crippen LogP contribution in [0.5, 0.6) is 0 Å². The Hall–Kier alpha value is -2.10. The molecule has 28 heavy (non-hydrogen) atoms. The molecule has 150 valence electrons. The van der Waals surface area contributed by atoms with E-state index in [0.717, 1.165) is 23.3 Å². The van der Waals surface area contributed by atoms with Crippen molar-refractivity contribution in [1.29, 1.82) is 0 Å². The number of rotatable bonds is 5. The first-order valence-electron chi connectivity index (χ1n) is 10.6. The number of carbonyl (C=O) groups excluding carboxylic acids is 2. The van der Waals surface area contributed by atoms with Crippen molar-refractivity contribution < 1.29 is 9.59 Å². The van der Waals surface area contributed by atoms with Gasteiger partial charge in [-0.1, -0.05) is 17.7 Å². The highest BCUT2D eigenvalue weighted by atomic mass is 16.2. The van der Waals surface area contributed by atoms with Gasteiger partial charge in [-0.25, -0.2) is 0 Å². The molecule has 4 bridgehead atoms. The molecule has 0 atom stereocenters. The number of benzene rings is 1. The molecule has 4 heteroatoms. The Morgan fingerprint density at radius 2 is 1.61 bits per heavy atom. The summed E-state index contributed by atoms with van der Waals surface area (Å²) < 4.78 is 0. The van der Waals surface area contributed by atoms with Gasteiger partial charge in [0.1, 0.15) is 0 Å². The highest BCUT2D eigenvalue weighted by Gasteiger charge is 2.51. The topological polar surface area (TPSA) is 49.4 Å². The minimum atomic E-state index is -0.0925. The number of nitrogens with zero attached hydrogens (tertiary/aromatic N) is 1. The van der Waals surface area contributed by atoms with Crippen molar-refractivity contribution >= 4 is 11.8 Å². The van der Waals surface area contributed by atoms with E-state index < -0.39 is 0 Å². The lowest BCUT2D eigenvalue weighted by molar-refractivity contribution is -0.125. The Morgan fingerprint density at radius 1 is 1.07 bits per heavy atom. The molecular weight excluding hydrogens is 348 g/mol. The molecule has 0 aromatic heterocycles. The summed E-state index contributed by atoms with van der Waals surface area (Å²) in [4.78, 5) is 26.3. The second-order valence-electron chi connectivity index (χ2n) is 9.50. The van der Waals surface area contributed by atoms with Crippen LogP contribution < -0.4 is 5.32 Å². The van der Waals surface area contributed by atoms with Crippen molar-refractivity contribution in [2.45, 2.75) is 52.0 Å². The molecule has 5 rings (SSSR count). The van der Waals surface area contributed by atoms with Gasteiger partial charge in [-0.3, -0.25) is 9.59 Å². The molecule has 1 aromatic rings. The summed E-state index contributed by atoms with van der Waals surface area (Å²) in [5, 5.41) is 2.62. The number of likely N-dealkylation sites (N-methyl/N-ethyl adjacent to an activating group) is 1. The number of allylic oxidation sites excluding steroid dienone is 1. The van der Waals surface area contributed by atoms with Crippen LogP contribution in [-0.4, -0.2) is 30.8 Å². The average Bonchev–Trinajstić information content (AvgIpc) is 2.66. The molecule has 4 nitrogen and oxygen atoms in total. The van der Waals surface area contributed by atoms with Crippen LogP contribution in [0.1, 0.15) is 61.4 Å². The Kier molecular flexibility index (Phi) is 5.07. The van der Waals surface area contributed by atoms with Gasteiger partial charge in [0.25, 0.3) is 5.91 Å². The zero-order valence-corrected chi connectivity index (χ0v) is 17.3. The lowest BCUT2D eigenvalue weighted by atomic mass is 9.48. The van der Waals surface area contributed by atoms with Crippen LogP contribution >= 0.6 is 0 Å². The summed E-state index contributed by atoms with van der Waals surface area (Å²) in [7, 11) is 3.49. The van der Waals surface area contributed by atoms with E-state index in [4.69, 9.17) is 0 Å². The fourth-order valence-electron chi connectivity index (χ4n) is 6.30. The van der Waals surface area contributed by atoms with E-state index in [-0.39, 0.29) is 11.8 Å². The van der Waals surface area contributed by atoms with Crippen molar-refractivity contribution in [3.63, 3.8) is 0 Å². The molecule has 4 aliphatic rings. The smallest absolute Gasteiger partial charge is 0.251 e. The average molecular weight is 381 g/mol. The van der Waals surface area contributed by atoms with Gasteiger partial charge in [-0.2, -0.15) is 0 Å². The van der Waals surface area contributed by atoms with Crippen LogP contribution in [0.15, 0.2) is 35.9 Å². The van der Waals surface area contributed by atoms with Crippen LogP contribution in [0.3, 0.4) is 0 Å². The van der Waals surface area contributed by atoms with E-state index >= 15 is 0 Å². The Labute approximate surface area is 168 Å². The SMILES string of the molecule is CNC(=O)c1ccc(CN(C)C(=O)/C=C(/C)C23CC4CC(CC(C4)C2)C3)cc1. The number of hydrogen-bond donors (Lipinski definition) is 1. The standard InChI is InChI=1S/C24H32N2O2/c1-16(24-12-18-9-19(13-24)11-20(10-18)14-24)8-22(27)26(3)15-17-4-6-21(7-5-17)23(28)25-2/h4-8,18-20H,9-15H2,1-3H3,(H,25,28)/b16-8-. The summed E-state index contributed by atoms with van der Waals surface area (Å²) in [6.45, 7) is 2.74. The van der Waals surface area contributed by atoms with Gasteiger partial charge in [-0.05, 0) is 86.3 Å². The molecule has 4 saturated carbocycles. The van der Waals surface area contributed by atoms with Gasteiger partial charge in [0.05, 0.1) is 0 Å². The van der Waals surface area contributed by atoms with Crippen LogP contribution in [-0.2, 0) is 11.3 Å². The second kappa shape index (κ2) is 7.38. The first-order valence-corrected chi connectivity index (χ1v) is 10.6. The number of nitrogens with one attached hydrogen (secondary N) is 1. The maximum Gasteiger partial charge on any atom is 0.251 e. The summed E-state index contributed by atoms with van der Waals surface area (Å²) in [5.74, 6) is 2.66. The van der Waals surface area contributed by atoms with Crippen LogP contribution in [0.25, 0.3) is 0 Å². The Morgan fingerprint density at radius 3 is 2.11 bits per heavy atom. The monoisotopic (exact) mass is 380 g/mol. The lowest BCUT2D eigenvalue weighted by Crippen LogP contribution is -2.46. The van der Waals surface area contributed by atoms with Gasteiger partial charge in [-0.15, -0.1) is 0 Å². The van der Waals surface area contributed by atoms with Gasteiger partial charge in [0.15, 0.2) is 0 Å². The molecule has 4 aliphatic carbocycles. The fourth-order valence-corrected chi connectivity index (χ4v) is 6.30. The second-order valence-corrected chi connectivity index (χ2v) is 9.50. The van der Waals surface area contributed by atoms with E-state index in [9.17, 15) is 9.59 Å². The first-order chi connectivity index (χ1) is 13.4. The third kappa shape index (κ3) is 3.61. The molecule has 0 saturated heterocycles. The van der Waals surface area contributed by atoms with Gasteiger partial charge < -0.3 is 10.2 Å². The Bertz CT molecular complexity index is 758. The molecular formula is C24H32N2O2. The molecule has 1 aromatic carbocycles. The Balaban J connectivity index is 1.42. The third-order valence-electron chi connectivity index (χ3n) is 7.45. The summed E-state index contributed by atoms with van der Waals surface area (Å²) in [6.07, 6.45) is 10.1. The maximum absolute atomic E-state index is 12.9. The quantitative estimate of drug-likeness (QED) is 0.780. The van der Waals surface area contributed by atoms with E-state index in [2.05, 4.69) is 12.2 Å². The molecule has 0 unspecified atom stereocenters. The summed E-state index contributed by atoms with van der Waals surface area (Å²) in [6, 6.07) is 7.46. The van der Waals surface area contributed by atoms with Crippen LogP contribution in [0, 0.1) is 23.2 Å². The molecule has 4 fully saturated rings. The van der Waals surface area contributed by atoms with E-state index in [1.54, 1.807) is 11.9 Å². The minimum Gasteiger partial charge on any atom is -0.355 e. The first kappa shape index (κ1) is 19.2. The predicted molar refractivity (Wildman–Crippen MR) is 111 cm³/mol. The van der Waals surface area contributed by atoms with Crippen molar-refractivity contribution in [1.82, 2.24) is 10.2 Å². The fraction of sp³-hybridized carbons (Fsp3) is 0.583. The molecule has 0 radical (unpaired) electrons. The number of amides is 2. The van der Waals surface area contributed by atoms with Gasteiger partial charge in [0, 0.05) is 32.3 Å². The molecule has 0 heterocycles. The number of carbonyl (C=O) groups is 2. The molecule has 1 N–H and O–H groups in total. The summed E-state index contributed by atoms with van der Waals surface area (Å²) in [5.41, 5.74) is 3.26. The van der Waals surface area contributed by atoms with Crippen LogP contribution in [0.4, 0.5) is 0 Å². The van der Waals surface area contributed by atoms with E-state index in [1.807, 2.05) is 37.4 Å². The maximum atomic E-state index is 12.9. The van der Waals surface area contributed by atoms with Crippen molar-refractivity contribution in [2.75, 3.05) is 14.1 Å². The number of hydrogen-bond acceptors (Lipinski definition) is 2. The highest BCUT2D eigenvalue weighted by Crippen LogP contribution is 2.62. The van der Waals surface area contributed by atoms with E-state index in [0.29, 0.717) is 17.5 Å². The zero-order chi connectivity index (χ0) is 19.9. The van der Waals surface area contributed by atoms with Crippen molar-refractivity contribution in [2.24, 2.45) is 23.2 Å². The third-order valence-corrected chi connectivity index (χ3v) is 7.45.